The Hall–Kier alpha value is -1.25. The van der Waals surface area contributed by atoms with Gasteiger partial charge in [-0.05, 0) is 19.8 Å². The summed E-state index contributed by atoms with van der Waals surface area (Å²) in [4.78, 5) is 10.3. The molecule has 0 radical (unpaired) electrons. The molecule has 0 heterocycles. The number of amides is 1. The third kappa shape index (κ3) is 5.53. The van der Waals surface area contributed by atoms with Gasteiger partial charge >= 0.3 is 6.09 Å². The van der Waals surface area contributed by atoms with Crippen molar-refractivity contribution in [3.63, 3.8) is 0 Å². The SMILES string of the molecule is C=CCC(CC=CC)NC(=O)O. The molecule has 0 aliphatic rings. The highest BCUT2D eigenvalue weighted by molar-refractivity contribution is 5.64. The van der Waals surface area contributed by atoms with Gasteiger partial charge < -0.3 is 10.4 Å². The van der Waals surface area contributed by atoms with Crippen LogP contribution in [0.5, 0.6) is 0 Å². The quantitative estimate of drug-likeness (QED) is 0.619. The first-order valence-corrected chi connectivity index (χ1v) is 3.92. The van der Waals surface area contributed by atoms with Crippen molar-refractivity contribution in [2.24, 2.45) is 0 Å². The molecule has 0 aliphatic heterocycles. The van der Waals surface area contributed by atoms with Gasteiger partial charge in [-0.3, -0.25) is 0 Å². The number of carboxylic acid groups (broad SMARTS) is 1. The molecule has 0 aromatic rings. The van der Waals surface area contributed by atoms with Crippen LogP contribution in [0.3, 0.4) is 0 Å². The van der Waals surface area contributed by atoms with Crippen molar-refractivity contribution in [3.05, 3.63) is 24.8 Å². The van der Waals surface area contributed by atoms with Gasteiger partial charge in [-0.25, -0.2) is 4.79 Å². The second kappa shape index (κ2) is 6.46. The minimum absolute atomic E-state index is 0.0452. The Morgan fingerprint density at radius 1 is 1.67 bits per heavy atom. The topological polar surface area (TPSA) is 49.3 Å². The molecule has 0 saturated carbocycles. The monoisotopic (exact) mass is 169 g/mol. The van der Waals surface area contributed by atoms with Crippen LogP contribution in [-0.2, 0) is 0 Å². The molecule has 0 bridgehead atoms. The minimum Gasteiger partial charge on any atom is -0.465 e. The Kier molecular flexibility index (Phi) is 5.79. The van der Waals surface area contributed by atoms with Crippen LogP contribution in [-0.4, -0.2) is 17.2 Å². The largest absolute Gasteiger partial charge is 0.465 e. The molecule has 3 nitrogen and oxygen atoms in total. The third-order valence-electron chi connectivity index (χ3n) is 1.44. The van der Waals surface area contributed by atoms with Crippen molar-refractivity contribution in [1.82, 2.24) is 5.32 Å². The van der Waals surface area contributed by atoms with E-state index in [0.717, 1.165) is 6.42 Å². The first-order chi connectivity index (χ1) is 5.70. The van der Waals surface area contributed by atoms with Crippen molar-refractivity contribution >= 4 is 6.09 Å². The molecule has 68 valence electrons. The molecule has 0 aromatic heterocycles. The molecule has 0 aromatic carbocycles. The lowest BCUT2D eigenvalue weighted by atomic mass is 10.1. The molecule has 1 amide bonds. The lowest BCUT2D eigenvalue weighted by molar-refractivity contribution is 0.190. The minimum atomic E-state index is -0.980. The Morgan fingerprint density at radius 2 is 2.33 bits per heavy atom. The lowest BCUT2D eigenvalue weighted by Crippen LogP contribution is -2.32. The van der Waals surface area contributed by atoms with Gasteiger partial charge in [0.1, 0.15) is 0 Å². The molecular formula is C9H15NO2. The smallest absolute Gasteiger partial charge is 0.404 e. The van der Waals surface area contributed by atoms with Crippen LogP contribution in [0.25, 0.3) is 0 Å². The lowest BCUT2D eigenvalue weighted by Gasteiger charge is -2.11. The normalized spacial score (nSPS) is 12.8. The first kappa shape index (κ1) is 10.8. The number of hydrogen-bond donors (Lipinski definition) is 2. The number of nitrogens with one attached hydrogen (secondary N) is 1. The molecule has 0 fully saturated rings. The predicted molar refractivity (Wildman–Crippen MR) is 49.2 cm³/mol. The predicted octanol–water partition coefficient (Wildman–Crippen LogP) is 2.16. The number of allylic oxidation sites excluding steroid dienone is 1. The summed E-state index contributed by atoms with van der Waals surface area (Å²) >= 11 is 0. The molecule has 1 atom stereocenters. The van der Waals surface area contributed by atoms with Crippen molar-refractivity contribution < 1.29 is 9.90 Å². The Morgan fingerprint density at radius 3 is 2.75 bits per heavy atom. The van der Waals surface area contributed by atoms with Gasteiger partial charge in [0.05, 0.1) is 0 Å². The Balaban J connectivity index is 3.84. The second-order valence-corrected chi connectivity index (χ2v) is 2.48. The maximum atomic E-state index is 10.3. The van der Waals surface area contributed by atoms with E-state index in [0.29, 0.717) is 6.42 Å². The molecule has 1 unspecified atom stereocenters. The molecular weight excluding hydrogens is 154 g/mol. The molecule has 2 N–H and O–H groups in total. The van der Waals surface area contributed by atoms with Crippen LogP contribution in [0.2, 0.25) is 0 Å². The van der Waals surface area contributed by atoms with Crippen LogP contribution in [0.15, 0.2) is 24.8 Å². The van der Waals surface area contributed by atoms with Crippen LogP contribution < -0.4 is 5.32 Å². The van der Waals surface area contributed by atoms with Crippen LogP contribution in [0, 0.1) is 0 Å². The van der Waals surface area contributed by atoms with Crippen molar-refractivity contribution in [2.45, 2.75) is 25.8 Å². The van der Waals surface area contributed by atoms with Crippen LogP contribution in [0.1, 0.15) is 19.8 Å². The van der Waals surface area contributed by atoms with Crippen molar-refractivity contribution in [2.75, 3.05) is 0 Å². The van der Waals surface area contributed by atoms with E-state index in [4.69, 9.17) is 5.11 Å². The van der Waals surface area contributed by atoms with Gasteiger partial charge in [-0.2, -0.15) is 0 Å². The van der Waals surface area contributed by atoms with E-state index in [1.54, 1.807) is 6.08 Å². The van der Waals surface area contributed by atoms with Gasteiger partial charge in [-0.15, -0.1) is 6.58 Å². The average molecular weight is 169 g/mol. The number of carbonyl (C=O) groups is 1. The third-order valence-corrected chi connectivity index (χ3v) is 1.44. The molecule has 0 saturated heterocycles. The molecule has 0 spiro atoms. The molecule has 0 aliphatic carbocycles. The fourth-order valence-electron chi connectivity index (χ4n) is 0.890. The summed E-state index contributed by atoms with van der Waals surface area (Å²) < 4.78 is 0. The zero-order valence-electron chi connectivity index (χ0n) is 7.29. The van der Waals surface area contributed by atoms with Gasteiger partial charge in [0, 0.05) is 6.04 Å². The zero-order chi connectivity index (χ0) is 9.40. The fraction of sp³-hybridized carbons (Fsp3) is 0.444. The summed E-state index contributed by atoms with van der Waals surface area (Å²) in [5, 5.41) is 10.9. The van der Waals surface area contributed by atoms with E-state index in [2.05, 4.69) is 11.9 Å². The van der Waals surface area contributed by atoms with Crippen LogP contribution in [0.4, 0.5) is 4.79 Å². The van der Waals surface area contributed by atoms with E-state index < -0.39 is 6.09 Å². The van der Waals surface area contributed by atoms with E-state index >= 15 is 0 Å². The van der Waals surface area contributed by atoms with Crippen LogP contribution >= 0.6 is 0 Å². The van der Waals surface area contributed by atoms with E-state index in [-0.39, 0.29) is 6.04 Å². The van der Waals surface area contributed by atoms with Crippen molar-refractivity contribution in [3.8, 4) is 0 Å². The summed E-state index contributed by atoms with van der Waals surface area (Å²) in [6.07, 6.45) is 5.95. The average Bonchev–Trinajstić information content (AvgIpc) is 2.00. The molecule has 0 rings (SSSR count). The molecule has 12 heavy (non-hydrogen) atoms. The van der Waals surface area contributed by atoms with E-state index in [9.17, 15) is 4.79 Å². The van der Waals surface area contributed by atoms with E-state index in [1.807, 2.05) is 19.1 Å². The van der Waals surface area contributed by atoms with Gasteiger partial charge in [0.15, 0.2) is 0 Å². The second-order valence-electron chi connectivity index (χ2n) is 2.48. The maximum Gasteiger partial charge on any atom is 0.404 e. The maximum absolute atomic E-state index is 10.3. The highest BCUT2D eigenvalue weighted by Gasteiger charge is 2.06. The summed E-state index contributed by atoms with van der Waals surface area (Å²) in [6.45, 7) is 5.47. The molecule has 3 heteroatoms. The summed E-state index contributed by atoms with van der Waals surface area (Å²) in [7, 11) is 0. The number of hydrogen-bond acceptors (Lipinski definition) is 1. The Labute approximate surface area is 72.8 Å². The number of rotatable bonds is 5. The van der Waals surface area contributed by atoms with Gasteiger partial charge in [0.2, 0.25) is 0 Å². The first-order valence-electron chi connectivity index (χ1n) is 3.92. The zero-order valence-corrected chi connectivity index (χ0v) is 7.29. The summed E-state index contributed by atoms with van der Waals surface area (Å²) in [5.41, 5.74) is 0. The van der Waals surface area contributed by atoms with Gasteiger partial charge in [-0.1, -0.05) is 18.2 Å². The standard InChI is InChI=1S/C9H15NO2/c1-3-5-7-8(6-4-2)10-9(11)12/h3-5,8,10H,2,6-7H2,1H3,(H,11,12). The van der Waals surface area contributed by atoms with Crippen molar-refractivity contribution in [1.29, 1.82) is 0 Å². The highest BCUT2D eigenvalue weighted by Crippen LogP contribution is 1.99. The summed E-state index contributed by atoms with van der Waals surface area (Å²) in [6, 6.07) is -0.0452. The fourth-order valence-corrected chi connectivity index (χ4v) is 0.890. The Bertz CT molecular complexity index is 175. The summed E-state index contributed by atoms with van der Waals surface area (Å²) in [5.74, 6) is 0. The van der Waals surface area contributed by atoms with Gasteiger partial charge in [0.25, 0.3) is 0 Å². The highest BCUT2D eigenvalue weighted by atomic mass is 16.4. The van der Waals surface area contributed by atoms with E-state index in [1.165, 1.54) is 0 Å².